The molecule has 0 bridgehead atoms. The molecule has 0 nitrogen and oxygen atoms in total. The lowest BCUT2D eigenvalue weighted by atomic mass is 10.2. The molecule has 0 saturated carbocycles. The standard InChI is InChI=1S/C11H18Si/c1-5-10-7-6-8-11(9-10)12(2,3)4/h6-9H,5H2,1-4H3. The second-order valence-electron chi connectivity index (χ2n) is 4.30. The van der Waals surface area contributed by atoms with Gasteiger partial charge in [0.25, 0.3) is 0 Å². The topological polar surface area (TPSA) is 0 Å². The van der Waals surface area contributed by atoms with Crippen LogP contribution in [-0.2, 0) is 6.42 Å². The molecule has 0 aliphatic rings. The zero-order valence-electron chi connectivity index (χ0n) is 8.52. The first-order valence-corrected chi connectivity index (χ1v) is 8.13. The molecule has 0 aliphatic heterocycles. The minimum atomic E-state index is -1.08. The van der Waals surface area contributed by atoms with Gasteiger partial charge in [0.15, 0.2) is 0 Å². The number of benzene rings is 1. The molecule has 0 amide bonds. The fourth-order valence-corrected chi connectivity index (χ4v) is 2.47. The summed E-state index contributed by atoms with van der Waals surface area (Å²) in [6.07, 6.45) is 1.15. The fourth-order valence-electron chi connectivity index (χ4n) is 1.26. The molecule has 1 aromatic rings. The highest BCUT2D eigenvalue weighted by Gasteiger charge is 2.15. The van der Waals surface area contributed by atoms with Gasteiger partial charge < -0.3 is 0 Å². The van der Waals surface area contributed by atoms with Gasteiger partial charge in [-0.2, -0.15) is 0 Å². The molecule has 0 spiro atoms. The zero-order valence-corrected chi connectivity index (χ0v) is 9.52. The predicted octanol–water partition coefficient (Wildman–Crippen LogP) is 2.79. The van der Waals surface area contributed by atoms with Gasteiger partial charge >= 0.3 is 0 Å². The lowest BCUT2D eigenvalue weighted by Gasteiger charge is -2.17. The van der Waals surface area contributed by atoms with Gasteiger partial charge in [-0.15, -0.1) is 0 Å². The van der Waals surface area contributed by atoms with Crippen LogP contribution in [0.4, 0.5) is 0 Å². The maximum atomic E-state index is 2.39. The van der Waals surface area contributed by atoms with Crippen LogP contribution in [0.25, 0.3) is 0 Å². The van der Waals surface area contributed by atoms with Crippen molar-refractivity contribution in [1.82, 2.24) is 0 Å². The Labute approximate surface area is 76.6 Å². The minimum absolute atomic E-state index is 1.08. The highest BCUT2D eigenvalue weighted by Crippen LogP contribution is 2.05. The van der Waals surface area contributed by atoms with Gasteiger partial charge in [-0.25, -0.2) is 0 Å². The Morgan fingerprint density at radius 1 is 1.17 bits per heavy atom. The van der Waals surface area contributed by atoms with E-state index < -0.39 is 8.07 Å². The second kappa shape index (κ2) is 3.44. The Morgan fingerprint density at radius 2 is 1.83 bits per heavy atom. The molecule has 0 atom stereocenters. The van der Waals surface area contributed by atoms with Crippen molar-refractivity contribution in [3.63, 3.8) is 0 Å². The average molecular weight is 178 g/mol. The van der Waals surface area contributed by atoms with Crippen molar-refractivity contribution < 1.29 is 0 Å². The molecule has 12 heavy (non-hydrogen) atoms. The Morgan fingerprint density at radius 3 is 2.33 bits per heavy atom. The summed E-state index contributed by atoms with van der Waals surface area (Å²) in [5.41, 5.74) is 1.47. The Balaban J connectivity index is 3.02. The molecule has 0 aromatic heterocycles. The SMILES string of the molecule is CCc1cccc([Si](C)(C)C)c1. The quantitative estimate of drug-likeness (QED) is 0.611. The van der Waals surface area contributed by atoms with Gasteiger partial charge in [-0.05, 0) is 12.0 Å². The van der Waals surface area contributed by atoms with Crippen molar-refractivity contribution in [1.29, 1.82) is 0 Å². The molecule has 0 heterocycles. The van der Waals surface area contributed by atoms with Gasteiger partial charge in [0, 0.05) is 0 Å². The lowest BCUT2D eigenvalue weighted by molar-refractivity contribution is 1.14. The first-order chi connectivity index (χ1) is 5.54. The van der Waals surface area contributed by atoms with Crippen LogP contribution in [0, 0.1) is 0 Å². The molecule has 66 valence electrons. The van der Waals surface area contributed by atoms with Gasteiger partial charge in [0.1, 0.15) is 0 Å². The van der Waals surface area contributed by atoms with E-state index in [9.17, 15) is 0 Å². The van der Waals surface area contributed by atoms with E-state index in [4.69, 9.17) is 0 Å². The maximum Gasteiger partial charge on any atom is 0.0776 e. The Bertz CT molecular complexity index is 258. The van der Waals surface area contributed by atoms with Gasteiger partial charge in [-0.3, -0.25) is 0 Å². The third-order valence-corrected chi connectivity index (χ3v) is 4.24. The number of rotatable bonds is 2. The zero-order chi connectivity index (χ0) is 9.19. The van der Waals surface area contributed by atoms with Crippen molar-refractivity contribution in [3.8, 4) is 0 Å². The molecule has 0 N–H and O–H groups in total. The average Bonchev–Trinajstić information content (AvgIpc) is 2.03. The minimum Gasteiger partial charge on any atom is -0.0656 e. The van der Waals surface area contributed by atoms with Crippen LogP contribution in [0.5, 0.6) is 0 Å². The molecule has 1 heteroatoms. The summed E-state index contributed by atoms with van der Waals surface area (Å²) in [7, 11) is -1.08. The van der Waals surface area contributed by atoms with Crippen LogP contribution < -0.4 is 5.19 Å². The molecule has 0 unspecified atom stereocenters. The summed E-state index contributed by atoms with van der Waals surface area (Å²) < 4.78 is 0. The normalized spacial score (nSPS) is 11.7. The van der Waals surface area contributed by atoms with Crippen molar-refractivity contribution in [3.05, 3.63) is 29.8 Å². The molecule has 0 fully saturated rings. The van der Waals surface area contributed by atoms with Crippen LogP contribution >= 0.6 is 0 Å². The molecule has 0 radical (unpaired) electrons. The van der Waals surface area contributed by atoms with Crippen molar-refractivity contribution in [2.45, 2.75) is 33.0 Å². The van der Waals surface area contributed by atoms with Crippen LogP contribution in [-0.4, -0.2) is 8.07 Å². The largest absolute Gasteiger partial charge is 0.0776 e. The van der Waals surface area contributed by atoms with Gasteiger partial charge in [0.05, 0.1) is 8.07 Å². The molecular weight excluding hydrogens is 160 g/mol. The molecule has 0 saturated heterocycles. The Hall–Kier alpha value is -0.563. The summed E-state index contributed by atoms with van der Waals surface area (Å²) in [4.78, 5) is 0. The van der Waals surface area contributed by atoms with Gasteiger partial charge in [-0.1, -0.05) is 56.0 Å². The monoisotopic (exact) mass is 178 g/mol. The fraction of sp³-hybridized carbons (Fsp3) is 0.455. The number of aryl methyl sites for hydroxylation is 1. The highest BCUT2D eigenvalue weighted by atomic mass is 28.3. The van der Waals surface area contributed by atoms with E-state index in [0.717, 1.165) is 6.42 Å². The molecule has 1 aromatic carbocycles. The van der Waals surface area contributed by atoms with Crippen LogP contribution in [0.3, 0.4) is 0 Å². The van der Waals surface area contributed by atoms with Crippen LogP contribution in [0.2, 0.25) is 19.6 Å². The van der Waals surface area contributed by atoms with E-state index in [1.807, 2.05) is 0 Å². The van der Waals surface area contributed by atoms with Gasteiger partial charge in [0.2, 0.25) is 0 Å². The molecule has 0 aliphatic carbocycles. The summed E-state index contributed by atoms with van der Waals surface area (Å²) in [6.45, 7) is 9.38. The third-order valence-electron chi connectivity index (χ3n) is 2.20. The van der Waals surface area contributed by atoms with Crippen molar-refractivity contribution in [2.24, 2.45) is 0 Å². The molecular formula is C11H18Si. The van der Waals surface area contributed by atoms with E-state index in [2.05, 4.69) is 50.8 Å². The highest BCUT2D eigenvalue weighted by molar-refractivity contribution is 6.88. The van der Waals surface area contributed by atoms with Crippen LogP contribution in [0.1, 0.15) is 12.5 Å². The number of hydrogen-bond donors (Lipinski definition) is 0. The molecule has 1 rings (SSSR count). The second-order valence-corrected chi connectivity index (χ2v) is 9.38. The third kappa shape index (κ3) is 2.21. The number of hydrogen-bond acceptors (Lipinski definition) is 0. The predicted molar refractivity (Wildman–Crippen MR) is 58.8 cm³/mol. The van der Waals surface area contributed by atoms with Crippen LogP contribution in [0.15, 0.2) is 24.3 Å². The first-order valence-electron chi connectivity index (χ1n) is 4.63. The summed E-state index contributed by atoms with van der Waals surface area (Å²) in [5, 5.41) is 1.57. The smallest absolute Gasteiger partial charge is 0.0656 e. The first kappa shape index (κ1) is 9.52. The summed E-state index contributed by atoms with van der Waals surface area (Å²) in [6, 6.07) is 9.04. The van der Waals surface area contributed by atoms with E-state index in [1.165, 1.54) is 5.56 Å². The van der Waals surface area contributed by atoms with E-state index in [0.29, 0.717) is 0 Å². The Kier molecular flexibility index (Phi) is 2.73. The van der Waals surface area contributed by atoms with Crippen molar-refractivity contribution >= 4 is 13.3 Å². The van der Waals surface area contributed by atoms with E-state index >= 15 is 0 Å². The van der Waals surface area contributed by atoms with E-state index in [1.54, 1.807) is 5.19 Å². The summed E-state index contributed by atoms with van der Waals surface area (Å²) in [5.74, 6) is 0. The lowest BCUT2D eigenvalue weighted by Crippen LogP contribution is -2.37. The van der Waals surface area contributed by atoms with Crippen molar-refractivity contribution in [2.75, 3.05) is 0 Å². The summed E-state index contributed by atoms with van der Waals surface area (Å²) >= 11 is 0. The maximum absolute atomic E-state index is 2.39. The van der Waals surface area contributed by atoms with E-state index in [-0.39, 0.29) is 0 Å².